The van der Waals surface area contributed by atoms with E-state index in [1.165, 1.54) is 12.3 Å². The highest BCUT2D eigenvalue weighted by molar-refractivity contribution is 6.08. The standard InChI is InChI=1S/C16H10O5/c17-13(10-5-2-1-3-6-10)11-9-21-16(15(19)14(11)18)12-7-4-8-20-12/h1-9,19H. The van der Waals surface area contributed by atoms with Crippen LogP contribution in [0.15, 0.2) is 68.6 Å². The molecule has 2 aromatic heterocycles. The fourth-order valence-corrected chi connectivity index (χ4v) is 1.94. The molecule has 0 bridgehead atoms. The van der Waals surface area contributed by atoms with Gasteiger partial charge in [0.1, 0.15) is 11.8 Å². The van der Waals surface area contributed by atoms with Gasteiger partial charge in [0.05, 0.1) is 6.26 Å². The largest absolute Gasteiger partial charge is 0.501 e. The summed E-state index contributed by atoms with van der Waals surface area (Å²) in [5.74, 6) is -1.05. The quantitative estimate of drug-likeness (QED) is 0.747. The molecule has 3 rings (SSSR count). The Morgan fingerprint density at radius 2 is 1.76 bits per heavy atom. The van der Waals surface area contributed by atoms with Gasteiger partial charge in [-0.15, -0.1) is 0 Å². The van der Waals surface area contributed by atoms with Crippen LogP contribution in [0.2, 0.25) is 0 Å². The molecule has 0 radical (unpaired) electrons. The maximum atomic E-state index is 12.2. The lowest BCUT2D eigenvalue weighted by Crippen LogP contribution is -2.15. The van der Waals surface area contributed by atoms with E-state index in [4.69, 9.17) is 8.83 Å². The minimum atomic E-state index is -0.790. The van der Waals surface area contributed by atoms with Gasteiger partial charge < -0.3 is 13.9 Å². The predicted octanol–water partition coefficient (Wildman–Crippen LogP) is 2.84. The van der Waals surface area contributed by atoms with Crippen LogP contribution in [0.25, 0.3) is 11.5 Å². The van der Waals surface area contributed by atoms with E-state index in [1.807, 2.05) is 0 Å². The van der Waals surface area contributed by atoms with E-state index >= 15 is 0 Å². The van der Waals surface area contributed by atoms with Crippen LogP contribution in [0.4, 0.5) is 0 Å². The van der Waals surface area contributed by atoms with Crippen LogP contribution in [0.5, 0.6) is 5.75 Å². The van der Waals surface area contributed by atoms with Crippen molar-refractivity contribution in [3.05, 3.63) is 76.3 Å². The molecular weight excluding hydrogens is 272 g/mol. The fourth-order valence-electron chi connectivity index (χ4n) is 1.94. The molecule has 0 saturated carbocycles. The molecule has 0 aliphatic heterocycles. The highest BCUT2D eigenvalue weighted by Crippen LogP contribution is 2.27. The van der Waals surface area contributed by atoms with Gasteiger partial charge in [0.15, 0.2) is 11.5 Å². The van der Waals surface area contributed by atoms with Crippen LogP contribution in [-0.4, -0.2) is 10.9 Å². The van der Waals surface area contributed by atoms with Crippen molar-refractivity contribution in [2.24, 2.45) is 0 Å². The molecule has 2 heterocycles. The van der Waals surface area contributed by atoms with Gasteiger partial charge in [0.25, 0.3) is 0 Å². The lowest BCUT2D eigenvalue weighted by atomic mass is 10.0. The Balaban J connectivity index is 2.09. The number of ketones is 1. The fraction of sp³-hybridized carbons (Fsp3) is 0. The Bertz CT molecular complexity index is 829. The predicted molar refractivity (Wildman–Crippen MR) is 74.2 cm³/mol. The van der Waals surface area contributed by atoms with E-state index in [9.17, 15) is 14.7 Å². The molecule has 0 fully saturated rings. The second kappa shape index (κ2) is 5.13. The van der Waals surface area contributed by atoms with Crippen molar-refractivity contribution in [2.45, 2.75) is 0 Å². The summed E-state index contributed by atoms with van der Waals surface area (Å²) in [4.78, 5) is 24.3. The molecule has 5 nitrogen and oxygen atoms in total. The van der Waals surface area contributed by atoms with Crippen molar-refractivity contribution < 1.29 is 18.7 Å². The highest BCUT2D eigenvalue weighted by atomic mass is 16.4. The van der Waals surface area contributed by atoms with Gasteiger partial charge >= 0.3 is 0 Å². The second-order valence-electron chi connectivity index (χ2n) is 4.33. The van der Waals surface area contributed by atoms with Gasteiger partial charge in [-0.2, -0.15) is 0 Å². The SMILES string of the molecule is O=C(c1ccccc1)c1coc(-c2ccco2)c(O)c1=O. The number of carbonyl (C=O) groups excluding carboxylic acids is 1. The van der Waals surface area contributed by atoms with Crippen LogP contribution in [-0.2, 0) is 0 Å². The van der Waals surface area contributed by atoms with E-state index in [2.05, 4.69) is 0 Å². The highest BCUT2D eigenvalue weighted by Gasteiger charge is 2.21. The summed E-state index contributed by atoms with van der Waals surface area (Å²) >= 11 is 0. The molecule has 0 amide bonds. The molecule has 0 atom stereocenters. The first-order valence-electron chi connectivity index (χ1n) is 6.17. The zero-order valence-electron chi connectivity index (χ0n) is 10.8. The summed E-state index contributed by atoms with van der Waals surface area (Å²) in [7, 11) is 0. The van der Waals surface area contributed by atoms with Crippen LogP contribution in [0.1, 0.15) is 15.9 Å². The van der Waals surface area contributed by atoms with Crippen molar-refractivity contribution in [2.75, 3.05) is 0 Å². The Morgan fingerprint density at radius 3 is 2.43 bits per heavy atom. The minimum absolute atomic E-state index is 0.102. The van der Waals surface area contributed by atoms with Crippen molar-refractivity contribution >= 4 is 5.78 Å². The van der Waals surface area contributed by atoms with Crippen molar-refractivity contribution in [1.82, 2.24) is 0 Å². The lowest BCUT2D eigenvalue weighted by Gasteiger charge is -2.03. The third-order valence-corrected chi connectivity index (χ3v) is 2.99. The second-order valence-corrected chi connectivity index (χ2v) is 4.33. The zero-order chi connectivity index (χ0) is 14.8. The summed E-state index contributed by atoms with van der Waals surface area (Å²) in [6.45, 7) is 0. The molecule has 0 aliphatic rings. The third kappa shape index (κ3) is 2.25. The Hall–Kier alpha value is -3.08. The molecule has 0 saturated heterocycles. The smallest absolute Gasteiger partial charge is 0.238 e. The summed E-state index contributed by atoms with van der Waals surface area (Å²) < 4.78 is 10.3. The van der Waals surface area contributed by atoms with Gasteiger partial charge in [-0.3, -0.25) is 9.59 Å². The van der Waals surface area contributed by atoms with E-state index in [1.54, 1.807) is 36.4 Å². The molecule has 21 heavy (non-hydrogen) atoms. The van der Waals surface area contributed by atoms with Gasteiger partial charge in [-0.05, 0) is 12.1 Å². The minimum Gasteiger partial charge on any atom is -0.501 e. The first kappa shape index (κ1) is 12.9. The van der Waals surface area contributed by atoms with Crippen molar-refractivity contribution in [3.8, 4) is 17.3 Å². The molecule has 0 spiro atoms. The first-order valence-corrected chi connectivity index (χ1v) is 6.17. The average molecular weight is 282 g/mol. The number of aromatic hydroxyl groups is 1. The summed E-state index contributed by atoms with van der Waals surface area (Å²) in [5.41, 5.74) is -0.676. The van der Waals surface area contributed by atoms with Crippen LogP contribution < -0.4 is 5.43 Å². The normalized spacial score (nSPS) is 10.5. The van der Waals surface area contributed by atoms with Gasteiger partial charge in [-0.1, -0.05) is 30.3 Å². The topological polar surface area (TPSA) is 80.7 Å². The molecule has 104 valence electrons. The van der Waals surface area contributed by atoms with E-state index < -0.39 is 17.0 Å². The molecule has 0 unspecified atom stereocenters. The molecule has 0 aliphatic carbocycles. The monoisotopic (exact) mass is 282 g/mol. The van der Waals surface area contributed by atoms with Crippen LogP contribution >= 0.6 is 0 Å². The maximum Gasteiger partial charge on any atom is 0.238 e. The molecular formula is C16H10O5. The van der Waals surface area contributed by atoms with E-state index in [0.29, 0.717) is 5.56 Å². The van der Waals surface area contributed by atoms with E-state index in [-0.39, 0.29) is 17.1 Å². The van der Waals surface area contributed by atoms with Crippen LogP contribution in [0, 0.1) is 0 Å². The number of hydrogen-bond donors (Lipinski definition) is 1. The van der Waals surface area contributed by atoms with Gasteiger partial charge in [-0.25, -0.2) is 0 Å². The Labute approximate surface area is 119 Å². The number of rotatable bonds is 3. The molecule has 5 heteroatoms. The number of carbonyl (C=O) groups is 1. The first-order chi connectivity index (χ1) is 10.2. The maximum absolute atomic E-state index is 12.2. The van der Waals surface area contributed by atoms with E-state index in [0.717, 1.165) is 6.26 Å². The summed E-state index contributed by atoms with van der Waals surface area (Å²) in [5, 5.41) is 9.93. The zero-order valence-corrected chi connectivity index (χ0v) is 10.8. The molecule has 1 N–H and O–H groups in total. The number of hydrogen-bond acceptors (Lipinski definition) is 5. The van der Waals surface area contributed by atoms with Crippen LogP contribution in [0.3, 0.4) is 0 Å². The Morgan fingerprint density at radius 1 is 1.00 bits per heavy atom. The third-order valence-electron chi connectivity index (χ3n) is 2.99. The molecule has 3 aromatic rings. The van der Waals surface area contributed by atoms with Gasteiger partial charge in [0.2, 0.25) is 16.9 Å². The van der Waals surface area contributed by atoms with Gasteiger partial charge in [0, 0.05) is 5.56 Å². The molecule has 1 aromatic carbocycles. The summed E-state index contributed by atoms with van der Waals surface area (Å²) in [6.07, 6.45) is 2.42. The van der Waals surface area contributed by atoms with Crippen molar-refractivity contribution in [1.29, 1.82) is 0 Å². The average Bonchev–Trinajstić information content (AvgIpc) is 3.04. The summed E-state index contributed by atoms with van der Waals surface area (Å²) in [6, 6.07) is 11.4. The Kier molecular flexibility index (Phi) is 3.16. The van der Waals surface area contributed by atoms with Crippen molar-refractivity contribution in [3.63, 3.8) is 0 Å². The number of furan rings is 1. The number of benzene rings is 1. The lowest BCUT2D eigenvalue weighted by molar-refractivity contribution is 0.103.